The van der Waals surface area contributed by atoms with E-state index in [0.717, 1.165) is 14.5 Å². The molecule has 0 aliphatic carbocycles. The predicted molar refractivity (Wildman–Crippen MR) is 107 cm³/mol. The van der Waals surface area contributed by atoms with E-state index >= 15 is 0 Å². The summed E-state index contributed by atoms with van der Waals surface area (Å²) >= 11 is 6.72. The second-order valence-electron chi connectivity index (χ2n) is 5.80. The van der Waals surface area contributed by atoms with Gasteiger partial charge in [0.15, 0.2) is 0 Å². The molecule has 1 heterocycles. The molecule has 1 fully saturated rings. The number of halogens is 2. The lowest BCUT2D eigenvalue weighted by atomic mass is 9.95. The molecule has 0 bridgehead atoms. The molecule has 1 aliphatic rings. The number of ketones is 1. The number of aliphatic hydroxyl groups excluding tert-OH is 1. The lowest BCUT2D eigenvalue weighted by Gasteiger charge is -2.24. The molecule has 0 spiro atoms. The third kappa shape index (κ3) is 3.39. The number of aliphatic hydroxyl groups is 1. The minimum Gasteiger partial charge on any atom is -0.507 e. The van der Waals surface area contributed by atoms with Gasteiger partial charge >= 0.3 is 0 Å². The van der Waals surface area contributed by atoms with E-state index in [1.165, 1.54) is 4.90 Å². The van der Waals surface area contributed by atoms with Gasteiger partial charge in [-0.25, -0.2) is 0 Å². The second kappa shape index (κ2) is 7.60. The van der Waals surface area contributed by atoms with Crippen LogP contribution in [-0.4, -0.2) is 28.2 Å². The topological polar surface area (TPSA) is 57.6 Å². The minimum absolute atomic E-state index is 0.0847. The zero-order chi connectivity index (χ0) is 18.8. The van der Waals surface area contributed by atoms with Gasteiger partial charge in [-0.2, -0.15) is 0 Å². The van der Waals surface area contributed by atoms with E-state index in [9.17, 15) is 14.7 Å². The zero-order valence-electron chi connectivity index (χ0n) is 13.7. The van der Waals surface area contributed by atoms with Crippen molar-refractivity contribution in [3.05, 3.63) is 86.8 Å². The molecule has 0 radical (unpaired) electrons. The third-order valence-electron chi connectivity index (χ3n) is 4.17. The van der Waals surface area contributed by atoms with Crippen LogP contribution in [0, 0.1) is 0 Å². The molecule has 1 N–H and O–H groups in total. The summed E-state index contributed by atoms with van der Waals surface area (Å²) in [5.74, 6) is -1.52. The molecule has 0 unspecified atom stereocenters. The lowest BCUT2D eigenvalue weighted by molar-refractivity contribution is -0.139. The maximum atomic E-state index is 12.7. The van der Waals surface area contributed by atoms with Gasteiger partial charge in [-0.15, -0.1) is 6.58 Å². The minimum atomic E-state index is -0.694. The standard InChI is InChI=1S/C20H15Br2NO3/c1-2-11-23-17(12-3-7-14(21)8-4-12)16(19(25)20(23)26)18(24)13-5-9-15(22)10-6-13/h2-10,17,24H,1,11H2/b18-16+/t17-/m0/s1. The van der Waals surface area contributed by atoms with Crippen LogP contribution in [0.3, 0.4) is 0 Å². The van der Waals surface area contributed by atoms with Crippen molar-refractivity contribution in [2.24, 2.45) is 0 Å². The fourth-order valence-electron chi connectivity index (χ4n) is 2.96. The molecule has 2 aromatic carbocycles. The van der Waals surface area contributed by atoms with E-state index in [2.05, 4.69) is 38.4 Å². The van der Waals surface area contributed by atoms with Gasteiger partial charge in [-0.3, -0.25) is 9.59 Å². The van der Waals surface area contributed by atoms with Gasteiger partial charge < -0.3 is 10.0 Å². The average Bonchev–Trinajstić information content (AvgIpc) is 2.88. The van der Waals surface area contributed by atoms with Crippen molar-refractivity contribution in [2.45, 2.75) is 6.04 Å². The van der Waals surface area contributed by atoms with Crippen molar-refractivity contribution in [1.29, 1.82) is 0 Å². The van der Waals surface area contributed by atoms with E-state index in [-0.39, 0.29) is 17.9 Å². The normalized spacial score (nSPS) is 19.0. The van der Waals surface area contributed by atoms with E-state index in [0.29, 0.717) is 5.56 Å². The van der Waals surface area contributed by atoms with Gasteiger partial charge in [-0.1, -0.05) is 62.2 Å². The first-order valence-electron chi connectivity index (χ1n) is 7.84. The number of rotatable bonds is 4. The number of benzene rings is 2. The fraction of sp³-hybridized carbons (Fsp3) is 0.100. The number of hydrogen-bond acceptors (Lipinski definition) is 3. The molecule has 3 rings (SSSR count). The molecule has 1 amide bonds. The molecular weight excluding hydrogens is 462 g/mol. The molecule has 26 heavy (non-hydrogen) atoms. The molecule has 1 saturated heterocycles. The average molecular weight is 477 g/mol. The Hall–Kier alpha value is -2.18. The van der Waals surface area contributed by atoms with Crippen molar-refractivity contribution in [3.8, 4) is 0 Å². The maximum Gasteiger partial charge on any atom is 0.295 e. The first kappa shape index (κ1) is 18.6. The number of nitrogens with zero attached hydrogens (tertiary/aromatic N) is 1. The Morgan fingerprint density at radius 3 is 2.12 bits per heavy atom. The first-order valence-corrected chi connectivity index (χ1v) is 9.43. The summed E-state index contributed by atoms with van der Waals surface area (Å²) in [7, 11) is 0. The molecule has 2 aromatic rings. The van der Waals surface area contributed by atoms with Crippen molar-refractivity contribution in [2.75, 3.05) is 6.54 Å². The Kier molecular flexibility index (Phi) is 5.44. The summed E-state index contributed by atoms with van der Waals surface area (Å²) in [5.41, 5.74) is 1.31. The van der Waals surface area contributed by atoms with Crippen LogP contribution in [0.15, 0.2) is 75.7 Å². The highest BCUT2D eigenvalue weighted by Gasteiger charge is 2.45. The maximum absolute atomic E-state index is 12.7. The number of Topliss-reactive ketones (excluding diaryl/α,β-unsaturated/α-hetero) is 1. The highest BCUT2D eigenvalue weighted by Crippen LogP contribution is 2.39. The second-order valence-corrected chi connectivity index (χ2v) is 7.63. The smallest absolute Gasteiger partial charge is 0.295 e. The molecular formula is C20H15Br2NO3. The Labute approximate surface area is 168 Å². The molecule has 0 aromatic heterocycles. The summed E-state index contributed by atoms with van der Waals surface area (Å²) in [5, 5.41) is 10.8. The number of amides is 1. The quantitative estimate of drug-likeness (QED) is 0.298. The van der Waals surface area contributed by atoms with Crippen LogP contribution in [-0.2, 0) is 9.59 Å². The van der Waals surface area contributed by atoms with Gasteiger partial charge in [0.2, 0.25) is 0 Å². The van der Waals surface area contributed by atoms with Crippen LogP contribution in [0.2, 0.25) is 0 Å². The Morgan fingerprint density at radius 2 is 1.58 bits per heavy atom. The highest BCUT2D eigenvalue weighted by atomic mass is 79.9. The molecule has 1 aliphatic heterocycles. The van der Waals surface area contributed by atoms with Gasteiger partial charge in [-0.05, 0) is 29.8 Å². The SMILES string of the molecule is C=CCN1C(=O)C(=O)/C(=C(/O)c2ccc(Br)cc2)[C@@H]1c1ccc(Br)cc1. The summed E-state index contributed by atoms with van der Waals surface area (Å²) < 4.78 is 1.74. The number of hydrogen-bond donors (Lipinski definition) is 1. The Morgan fingerprint density at radius 1 is 1.04 bits per heavy atom. The van der Waals surface area contributed by atoms with E-state index in [1.807, 2.05) is 24.3 Å². The van der Waals surface area contributed by atoms with Crippen LogP contribution < -0.4 is 0 Å². The van der Waals surface area contributed by atoms with Crippen molar-refractivity contribution < 1.29 is 14.7 Å². The first-order chi connectivity index (χ1) is 12.4. The summed E-state index contributed by atoms with van der Waals surface area (Å²) in [6, 6.07) is 13.6. The lowest BCUT2D eigenvalue weighted by Crippen LogP contribution is -2.29. The van der Waals surface area contributed by atoms with Crippen LogP contribution in [0.1, 0.15) is 17.2 Å². The summed E-state index contributed by atoms with van der Waals surface area (Å²) in [6.45, 7) is 3.88. The summed E-state index contributed by atoms with van der Waals surface area (Å²) in [6.07, 6.45) is 1.57. The van der Waals surface area contributed by atoms with Crippen molar-refractivity contribution >= 4 is 49.3 Å². The van der Waals surface area contributed by atoms with Crippen molar-refractivity contribution in [3.63, 3.8) is 0 Å². The van der Waals surface area contributed by atoms with Crippen LogP contribution in [0.5, 0.6) is 0 Å². The number of likely N-dealkylation sites (tertiary alicyclic amines) is 1. The fourth-order valence-corrected chi connectivity index (χ4v) is 3.49. The van der Waals surface area contributed by atoms with Crippen molar-refractivity contribution in [1.82, 2.24) is 4.90 Å². The predicted octanol–water partition coefficient (Wildman–Crippen LogP) is 4.82. The van der Waals surface area contributed by atoms with Crippen LogP contribution in [0.25, 0.3) is 5.76 Å². The van der Waals surface area contributed by atoms with E-state index < -0.39 is 17.7 Å². The Bertz CT molecular complexity index is 902. The third-order valence-corrected chi connectivity index (χ3v) is 5.23. The van der Waals surface area contributed by atoms with Crippen LogP contribution in [0.4, 0.5) is 0 Å². The van der Waals surface area contributed by atoms with Gasteiger partial charge in [0.1, 0.15) is 5.76 Å². The molecule has 132 valence electrons. The monoisotopic (exact) mass is 475 g/mol. The molecule has 6 heteroatoms. The summed E-state index contributed by atoms with van der Waals surface area (Å²) in [4.78, 5) is 26.6. The van der Waals surface area contributed by atoms with Gasteiger partial charge in [0, 0.05) is 21.1 Å². The van der Waals surface area contributed by atoms with E-state index in [4.69, 9.17) is 0 Å². The highest BCUT2D eigenvalue weighted by molar-refractivity contribution is 9.10. The zero-order valence-corrected chi connectivity index (χ0v) is 16.8. The van der Waals surface area contributed by atoms with Crippen LogP contribution >= 0.6 is 31.9 Å². The van der Waals surface area contributed by atoms with E-state index in [1.54, 1.807) is 30.3 Å². The molecule has 4 nitrogen and oxygen atoms in total. The molecule has 1 atom stereocenters. The van der Waals surface area contributed by atoms with Gasteiger partial charge in [0.25, 0.3) is 11.7 Å². The van der Waals surface area contributed by atoms with Gasteiger partial charge in [0.05, 0.1) is 11.6 Å². The Balaban J connectivity index is 2.18. The largest absolute Gasteiger partial charge is 0.507 e. The number of carbonyl (C=O) groups is 2. The number of carbonyl (C=O) groups excluding carboxylic acids is 2. The molecule has 0 saturated carbocycles.